The van der Waals surface area contributed by atoms with Crippen LogP contribution in [-0.2, 0) is 10.0 Å². The van der Waals surface area contributed by atoms with Crippen molar-refractivity contribution in [3.8, 4) is 0 Å². The third-order valence-electron chi connectivity index (χ3n) is 1.79. The van der Waals surface area contributed by atoms with Crippen LogP contribution in [0.25, 0.3) is 0 Å². The molecule has 8 heteroatoms. The average molecular weight is 328 g/mol. The van der Waals surface area contributed by atoms with Crippen molar-refractivity contribution in [1.82, 2.24) is 5.32 Å². The Hall–Kier alpha value is -0.630. The van der Waals surface area contributed by atoms with Crippen molar-refractivity contribution >= 4 is 43.5 Å². The van der Waals surface area contributed by atoms with Crippen molar-refractivity contribution < 1.29 is 13.2 Å². The van der Waals surface area contributed by atoms with E-state index in [-0.39, 0.29) is 20.0 Å². The van der Waals surface area contributed by atoms with Gasteiger partial charge >= 0.3 is 0 Å². The van der Waals surface area contributed by atoms with E-state index < -0.39 is 15.9 Å². The third-order valence-corrected chi connectivity index (χ3v) is 4.37. The number of rotatable bonds is 2. The molecule has 1 aromatic rings. The number of amides is 1. The molecule has 88 valence electrons. The van der Waals surface area contributed by atoms with Crippen molar-refractivity contribution in [2.75, 3.05) is 7.05 Å². The van der Waals surface area contributed by atoms with E-state index in [4.69, 9.17) is 16.7 Å². The van der Waals surface area contributed by atoms with Crippen LogP contribution >= 0.6 is 27.5 Å². The van der Waals surface area contributed by atoms with Crippen LogP contribution in [0, 0.1) is 0 Å². The topological polar surface area (TPSA) is 89.3 Å². The van der Waals surface area contributed by atoms with E-state index in [1.54, 1.807) is 0 Å². The van der Waals surface area contributed by atoms with Gasteiger partial charge in [-0.1, -0.05) is 11.6 Å². The van der Waals surface area contributed by atoms with E-state index in [9.17, 15) is 13.2 Å². The summed E-state index contributed by atoms with van der Waals surface area (Å²) in [6.07, 6.45) is 0. The minimum absolute atomic E-state index is 0.102. The molecule has 1 rings (SSSR count). The molecule has 0 spiro atoms. The Balaban J connectivity index is 3.52. The molecule has 0 saturated carbocycles. The van der Waals surface area contributed by atoms with Crippen LogP contribution in [0.2, 0.25) is 5.02 Å². The lowest BCUT2D eigenvalue weighted by molar-refractivity contribution is 0.0963. The summed E-state index contributed by atoms with van der Waals surface area (Å²) in [5, 5.41) is 7.45. The van der Waals surface area contributed by atoms with Crippen molar-refractivity contribution in [2.24, 2.45) is 5.14 Å². The van der Waals surface area contributed by atoms with Gasteiger partial charge in [0.2, 0.25) is 10.0 Å². The van der Waals surface area contributed by atoms with E-state index in [0.29, 0.717) is 0 Å². The Morgan fingerprint density at radius 3 is 2.50 bits per heavy atom. The number of hydrogen-bond acceptors (Lipinski definition) is 3. The highest BCUT2D eigenvalue weighted by molar-refractivity contribution is 9.10. The van der Waals surface area contributed by atoms with Crippen LogP contribution in [-0.4, -0.2) is 21.4 Å². The first-order valence-electron chi connectivity index (χ1n) is 4.01. The molecule has 0 saturated heterocycles. The largest absolute Gasteiger partial charge is 0.355 e. The highest BCUT2D eigenvalue weighted by Crippen LogP contribution is 2.30. The Bertz CT molecular complexity index is 544. The van der Waals surface area contributed by atoms with Crippen molar-refractivity contribution in [1.29, 1.82) is 0 Å². The van der Waals surface area contributed by atoms with E-state index in [2.05, 4.69) is 21.2 Å². The number of sulfonamides is 1. The molecule has 3 N–H and O–H groups in total. The van der Waals surface area contributed by atoms with Crippen LogP contribution in [0.3, 0.4) is 0 Å². The van der Waals surface area contributed by atoms with Crippen LogP contribution in [0.4, 0.5) is 0 Å². The zero-order valence-corrected chi connectivity index (χ0v) is 11.3. The minimum atomic E-state index is -3.93. The molecule has 0 aliphatic rings. The Labute approximate surface area is 106 Å². The Morgan fingerprint density at radius 1 is 1.50 bits per heavy atom. The number of hydrogen-bond donors (Lipinski definition) is 2. The number of primary sulfonamides is 1. The van der Waals surface area contributed by atoms with E-state index in [1.165, 1.54) is 13.1 Å². The second kappa shape index (κ2) is 4.70. The van der Waals surface area contributed by atoms with Crippen LogP contribution in [0.5, 0.6) is 0 Å². The highest BCUT2D eigenvalue weighted by atomic mass is 79.9. The van der Waals surface area contributed by atoms with Gasteiger partial charge in [-0.15, -0.1) is 0 Å². The first-order valence-corrected chi connectivity index (χ1v) is 6.73. The van der Waals surface area contributed by atoms with Crippen molar-refractivity contribution in [3.63, 3.8) is 0 Å². The van der Waals surface area contributed by atoms with Gasteiger partial charge in [-0.25, -0.2) is 13.6 Å². The van der Waals surface area contributed by atoms with Gasteiger partial charge in [0.1, 0.15) is 0 Å². The molecule has 5 nitrogen and oxygen atoms in total. The molecule has 0 bridgehead atoms. The molecular weight excluding hydrogens is 320 g/mol. The summed E-state index contributed by atoms with van der Waals surface area (Å²) in [7, 11) is -2.51. The second-order valence-corrected chi connectivity index (χ2v) is 5.62. The molecule has 0 radical (unpaired) electrons. The summed E-state index contributed by atoms with van der Waals surface area (Å²) < 4.78 is 22.6. The SMILES string of the molecule is CNC(=O)c1cc(Cl)c(Br)c(S(N)(=O)=O)c1. The fourth-order valence-electron chi connectivity index (χ4n) is 1.05. The van der Waals surface area contributed by atoms with Gasteiger partial charge in [0, 0.05) is 12.6 Å². The molecule has 0 unspecified atom stereocenters. The Kier molecular flexibility index (Phi) is 3.95. The van der Waals surface area contributed by atoms with E-state index in [1.807, 2.05) is 0 Å². The molecule has 1 amide bonds. The maximum absolute atomic E-state index is 11.3. The predicted octanol–water partition coefficient (Wildman–Crippen LogP) is 1.11. The van der Waals surface area contributed by atoms with Gasteiger partial charge in [0.15, 0.2) is 0 Å². The predicted molar refractivity (Wildman–Crippen MR) is 63.9 cm³/mol. The van der Waals surface area contributed by atoms with E-state index >= 15 is 0 Å². The number of benzene rings is 1. The smallest absolute Gasteiger partial charge is 0.251 e. The summed E-state index contributed by atoms with van der Waals surface area (Å²) in [5.41, 5.74) is 0.125. The lowest BCUT2D eigenvalue weighted by Gasteiger charge is -2.07. The summed E-state index contributed by atoms with van der Waals surface area (Å²) in [6, 6.07) is 2.50. The molecule has 0 heterocycles. The van der Waals surface area contributed by atoms with Gasteiger partial charge in [-0.05, 0) is 28.1 Å². The summed E-state index contributed by atoms with van der Waals surface area (Å²) in [6.45, 7) is 0. The fourth-order valence-corrected chi connectivity index (χ4v) is 2.88. The van der Waals surface area contributed by atoms with Crippen molar-refractivity contribution in [2.45, 2.75) is 4.90 Å². The van der Waals surface area contributed by atoms with Crippen LogP contribution in [0.15, 0.2) is 21.5 Å². The molecule has 0 aromatic heterocycles. The van der Waals surface area contributed by atoms with Gasteiger partial charge < -0.3 is 5.32 Å². The van der Waals surface area contributed by atoms with Crippen LogP contribution in [0.1, 0.15) is 10.4 Å². The van der Waals surface area contributed by atoms with Gasteiger partial charge in [0.05, 0.1) is 14.4 Å². The molecule has 0 atom stereocenters. The van der Waals surface area contributed by atoms with Crippen molar-refractivity contribution in [3.05, 3.63) is 27.2 Å². The minimum Gasteiger partial charge on any atom is -0.355 e. The summed E-state index contributed by atoms with van der Waals surface area (Å²) >= 11 is 8.78. The highest BCUT2D eigenvalue weighted by Gasteiger charge is 2.18. The first-order chi connectivity index (χ1) is 7.27. The first kappa shape index (κ1) is 13.4. The molecule has 0 aliphatic heterocycles. The number of nitrogens with one attached hydrogen (secondary N) is 1. The summed E-state index contributed by atoms with van der Waals surface area (Å²) in [5.74, 6) is -0.445. The van der Waals surface area contributed by atoms with Gasteiger partial charge in [-0.3, -0.25) is 4.79 Å². The standard InChI is InChI=1S/C8H8BrClN2O3S/c1-12-8(13)4-2-5(10)7(9)6(3-4)16(11,14)15/h2-3H,1H3,(H,12,13)(H2,11,14,15). The maximum atomic E-state index is 11.3. The van der Waals surface area contributed by atoms with Crippen LogP contribution < -0.4 is 10.5 Å². The van der Waals surface area contributed by atoms with E-state index in [0.717, 1.165) is 6.07 Å². The zero-order valence-electron chi connectivity index (χ0n) is 8.12. The lowest BCUT2D eigenvalue weighted by Crippen LogP contribution is -2.19. The Morgan fingerprint density at radius 2 is 2.06 bits per heavy atom. The second-order valence-electron chi connectivity index (χ2n) is 2.89. The molecule has 0 fully saturated rings. The number of carbonyl (C=O) groups excluding carboxylic acids is 1. The van der Waals surface area contributed by atoms with Gasteiger partial charge in [-0.2, -0.15) is 0 Å². The molecule has 0 aliphatic carbocycles. The fraction of sp³-hybridized carbons (Fsp3) is 0.125. The maximum Gasteiger partial charge on any atom is 0.251 e. The normalized spacial score (nSPS) is 11.2. The quantitative estimate of drug-likeness (QED) is 0.852. The average Bonchev–Trinajstić information content (AvgIpc) is 2.18. The zero-order chi connectivity index (χ0) is 12.5. The molecule has 16 heavy (non-hydrogen) atoms. The molecule has 1 aromatic carbocycles. The number of nitrogens with two attached hydrogens (primary N) is 1. The summed E-state index contributed by atoms with van der Waals surface area (Å²) in [4.78, 5) is 11.1. The number of carbonyl (C=O) groups is 1. The van der Waals surface area contributed by atoms with Gasteiger partial charge in [0.25, 0.3) is 5.91 Å². The third kappa shape index (κ3) is 2.73. The molecular formula is C8H8BrClN2O3S. The monoisotopic (exact) mass is 326 g/mol. The lowest BCUT2D eigenvalue weighted by atomic mass is 10.2. The number of halogens is 2.